The lowest BCUT2D eigenvalue weighted by Crippen LogP contribution is -2.62. The van der Waals surface area contributed by atoms with Gasteiger partial charge in [-0.25, -0.2) is 0 Å². The molecule has 0 saturated carbocycles. The monoisotopic (exact) mass is 406 g/mol. The van der Waals surface area contributed by atoms with Crippen molar-refractivity contribution >= 4 is 29.5 Å². The van der Waals surface area contributed by atoms with E-state index in [-0.39, 0.29) is 42.1 Å². The van der Waals surface area contributed by atoms with Crippen molar-refractivity contribution in [3.63, 3.8) is 0 Å². The Morgan fingerprint density at radius 3 is 2.60 bits per heavy atom. The molecule has 30 heavy (non-hydrogen) atoms. The molecule has 1 atom stereocenters. The zero-order valence-electron chi connectivity index (χ0n) is 16.1. The molecule has 1 aromatic heterocycles. The molecule has 152 valence electrons. The van der Waals surface area contributed by atoms with Crippen molar-refractivity contribution in [1.82, 2.24) is 20.5 Å². The smallest absolute Gasteiger partial charge is 0.270 e. The van der Waals surface area contributed by atoms with Crippen LogP contribution in [0.2, 0.25) is 0 Å². The molecule has 9 heteroatoms. The molecule has 9 nitrogen and oxygen atoms in total. The SMILES string of the molecule is C[C@]1(N2C(=O)c3ccc(CNC(=O)c4ccccn4)cc3C2=O)CCC(=O)NC1=O. The maximum atomic E-state index is 13.0. The average molecular weight is 406 g/mol. The molecule has 2 aliphatic heterocycles. The lowest BCUT2D eigenvalue weighted by Gasteiger charge is -2.38. The van der Waals surface area contributed by atoms with Crippen molar-refractivity contribution < 1.29 is 24.0 Å². The van der Waals surface area contributed by atoms with E-state index < -0.39 is 29.2 Å². The normalized spacial score (nSPS) is 20.8. The maximum absolute atomic E-state index is 13.0. The van der Waals surface area contributed by atoms with Crippen molar-refractivity contribution in [2.45, 2.75) is 31.8 Å². The minimum atomic E-state index is -1.44. The molecular formula is C21H18N4O5. The second-order valence-corrected chi connectivity index (χ2v) is 7.37. The highest BCUT2D eigenvalue weighted by molar-refractivity contribution is 6.24. The standard InChI is InChI=1S/C21H18N4O5/c1-21(8-7-16(26)24-20(21)30)25-18(28)13-6-5-12(10-14(13)19(25)29)11-23-17(27)15-4-2-3-9-22-15/h2-6,9-10H,7-8,11H2,1H3,(H,23,27)(H,24,26,30)/t21-/m0/s1. The minimum Gasteiger partial charge on any atom is -0.347 e. The lowest BCUT2D eigenvalue weighted by molar-refractivity contribution is -0.140. The molecule has 2 N–H and O–H groups in total. The largest absolute Gasteiger partial charge is 0.347 e. The van der Waals surface area contributed by atoms with Gasteiger partial charge in [0, 0.05) is 19.2 Å². The third kappa shape index (κ3) is 3.14. The summed E-state index contributed by atoms with van der Waals surface area (Å²) < 4.78 is 0. The highest BCUT2D eigenvalue weighted by Gasteiger charge is 2.52. The number of pyridine rings is 1. The number of piperidine rings is 1. The molecule has 0 unspecified atom stereocenters. The molecule has 1 fully saturated rings. The Labute approximate surface area is 171 Å². The number of aromatic nitrogens is 1. The van der Waals surface area contributed by atoms with Gasteiger partial charge >= 0.3 is 0 Å². The fourth-order valence-corrected chi connectivity index (χ4v) is 3.62. The third-order valence-electron chi connectivity index (χ3n) is 5.38. The summed E-state index contributed by atoms with van der Waals surface area (Å²) in [6, 6.07) is 9.66. The molecule has 1 saturated heterocycles. The van der Waals surface area contributed by atoms with E-state index >= 15 is 0 Å². The first kappa shape index (κ1) is 19.4. The molecule has 0 bridgehead atoms. The van der Waals surface area contributed by atoms with Crippen LogP contribution in [0.25, 0.3) is 0 Å². The zero-order valence-corrected chi connectivity index (χ0v) is 16.1. The predicted octanol–water partition coefficient (Wildman–Crippen LogP) is 0.803. The van der Waals surface area contributed by atoms with Crippen LogP contribution in [0.3, 0.4) is 0 Å². The Morgan fingerprint density at radius 2 is 1.90 bits per heavy atom. The molecule has 4 rings (SSSR count). The van der Waals surface area contributed by atoms with Gasteiger partial charge in [0.1, 0.15) is 11.2 Å². The van der Waals surface area contributed by atoms with Crippen LogP contribution in [-0.2, 0) is 16.1 Å². The number of nitrogens with zero attached hydrogens (tertiary/aromatic N) is 2. The molecule has 0 aliphatic carbocycles. The number of benzene rings is 1. The van der Waals surface area contributed by atoms with E-state index in [0.717, 1.165) is 4.90 Å². The van der Waals surface area contributed by atoms with Crippen LogP contribution in [0.1, 0.15) is 56.5 Å². The first-order chi connectivity index (χ1) is 14.3. The van der Waals surface area contributed by atoms with Crippen LogP contribution in [0.15, 0.2) is 42.6 Å². The van der Waals surface area contributed by atoms with Gasteiger partial charge in [0.2, 0.25) is 5.91 Å². The van der Waals surface area contributed by atoms with Gasteiger partial charge in [-0.15, -0.1) is 0 Å². The molecule has 2 aromatic rings. The van der Waals surface area contributed by atoms with Crippen molar-refractivity contribution in [2.75, 3.05) is 0 Å². The summed E-state index contributed by atoms with van der Waals surface area (Å²) in [5.74, 6) is -2.64. The maximum Gasteiger partial charge on any atom is 0.270 e. The van der Waals surface area contributed by atoms with Gasteiger partial charge in [0.05, 0.1) is 11.1 Å². The second-order valence-electron chi connectivity index (χ2n) is 7.37. The number of fused-ring (bicyclic) bond motifs is 1. The summed E-state index contributed by atoms with van der Waals surface area (Å²) in [4.78, 5) is 66.8. The third-order valence-corrected chi connectivity index (χ3v) is 5.38. The predicted molar refractivity (Wildman–Crippen MR) is 103 cm³/mol. The summed E-state index contributed by atoms with van der Waals surface area (Å²) >= 11 is 0. The van der Waals surface area contributed by atoms with E-state index in [9.17, 15) is 24.0 Å². The topological polar surface area (TPSA) is 126 Å². The van der Waals surface area contributed by atoms with Gasteiger partial charge in [-0.2, -0.15) is 0 Å². The van der Waals surface area contributed by atoms with Crippen molar-refractivity contribution in [1.29, 1.82) is 0 Å². The molecule has 0 spiro atoms. The highest BCUT2D eigenvalue weighted by Crippen LogP contribution is 2.34. The Balaban J connectivity index is 1.54. The van der Waals surface area contributed by atoms with Crippen LogP contribution in [0, 0.1) is 0 Å². The van der Waals surface area contributed by atoms with Gasteiger partial charge in [0.15, 0.2) is 0 Å². The Kier molecular flexibility index (Phi) is 4.65. The van der Waals surface area contributed by atoms with E-state index in [2.05, 4.69) is 15.6 Å². The summed E-state index contributed by atoms with van der Waals surface area (Å²) in [5, 5.41) is 4.91. The van der Waals surface area contributed by atoms with Crippen LogP contribution in [0.5, 0.6) is 0 Å². The molecular weight excluding hydrogens is 388 g/mol. The molecule has 1 aromatic carbocycles. The van der Waals surface area contributed by atoms with Crippen molar-refractivity contribution in [3.05, 3.63) is 65.0 Å². The van der Waals surface area contributed by atoms with Gasteiger partial charge < -0.3 is 5.32 Å². The van der Waals surface area contributed by atoms with E-state index in [1.54, 1.807) is 24.3 Å². The van der Waals surface area contributed by atoms with Crippen LogP contribution in [-0.4, -0.2) is 45.0 Å². The Hall–Kier alpha value is -3.88. The summed E-state index contributed by atoms with van der Waals surface area (Å²) in [7, 11) is 0. The van der Waals surface area contributed by atoms with Crippen LogP contribution >= 0.6 is 0 Å². The first-order valence-electron chi connectivity index (χ1n) is 9.36. The fourth-order valence-electron chi connectivity index (χ4n) is 3.62. The second kappa shape index (κ2) is 7.18. The van der Waals surface area contributed by atoms with E-state index in [1.165, 1.54) is 25.3 Å². The number of hydrogen-bond donors (Lipinski definition) is 2. The van der Waals surface area contributed by atoms with Crippen molar-refractivity contribution in [3.8, 4) is 0 Å². The number of imide groups is 2. The molecule has 0 radical (unpaired) electrons. The van der Waals surface area contributed by atoms with E-state index in [1.807, 2.05) is 0 Å². The molecule has 5 amide bonds. The zero-order chi connectivity index (χ0) is 21.5. The average Bonchev–Trinajstić information content (AvgIpc) is 3.00. The van der Waals surface area contributed by atoms with Gasteiger partial charge in [0.25, 0.3) is 23.6 Å². The number of hydrogen-bond acceptors (Lipinski definition) is 6. The number of rotatable bonds is 4. The number of carbonyl (C=O) groups excluding carboxylic acids is 5. The van der Waals surface area contributed by atoms with E-state index in [4.69, 9.17) is 0 Å². The molecule has 2 aliphatic rings. The van der Waals surface area contributed by atoms with Crippen LogP contribution in [0.4, 0.5) is 0 Å². The van der Waals surface area contributed by atoms with Crippen LogP contribution < -0.4 is 10.6 Å². The summed E-state index contributed by atoms with van der Waals surface area (Å²) in [5.41, 5.74) is -0.202. The Bertz CT molecular complexity index is 1100. The first-order valence-corrected chi connectivity index (χ1v) is 9.36. The lowest BCUT2D eigenvalue weighted by atomic mass is 9.89. The summed E-state index contributed by atoms with van der Waals surface area (Å²) in [6.45, 7) is 1.61. The van der Waals surface area contributed by atoms with Gasteiger partial charge in [-0.05, 0) is 43.2 Å². The number of nitrogens with one attached hydrogen (secondary N) is 2. The van der Waals surface area contributed by atoms with E-state index in [0.29, 0.717) is 5.56 Å². The minimum absolute atomic E-state index is 0.0421. The molecule has 3 heterocycles. The number of carbonyl (C=O) groups is 5. The van der Waals surface area contributed by atoms with Gasteiger partial charge in [-0.1, -0.05) is 12.1 Å². The number of amides is 5. The Morgan fingerprint density at radius 1 is 1.13 bits per heavy atom. The highest BCUT2D eigenvalue weighted by atomic mass is 16.2. The van der Waals surface area contributed by atoms with Crippen molar-refractivity contribution in [2.24, 2.45) is 0 Å². The quantitative estimate of drug-likeness (QED) is 0.724. The summed E-state index contributed by atoms with van der Waals surface area (Å²) in [6.07, 6.45) is 1.62. The van der Waals surface area contributed by atoms with Gasteiger partial charge in [-0.3, -0.25) is 39.2 Å². The fraction of sp³-hybridized carbons (Fsp3) is 0.238.